The number of benzene rings is 1. The molecule has 0 fully saturated rings. The lowest BCUT2D eigenvalue weighted by molar-refractivity contribution is 0.172. The highest BCUT2D eigenvalue weighted by atomic mass is 16.5. The van der Waals surface area contributed by atoms with Gasteiger partial charge in [-0.25, -0.2) is 0 Å². The fourth-order valence-electron chi connectivity index (χ4n) is 1.71. The van der Waals surface area contributed by atoms with Crippen molar-refractivity contribution in [2.45, 2.75) is 13.0 Å². The number of nitrogens with one attached hydrogen (secondary N) is 2. The lowest BCUT2D eigenvalue weighted by Gasteiger charge is -2.11. The third kappa shape index (κ3) is 7.37. The Hall–Kier alpha value is -2.01. The maximum absolute atomic E-state index is 5.68. The van der Waals surface area contributed by atoms with Crippen LogP contribution in [-0.2, 0) is 11.3 Å². The lowest BCUT2D eigenvalue weighted by atomic mass is 10.2. The molecule has 1 rings (SSSR count). The third-order valence-electron chi connectivity index (χ3n) is 2.76. The van der Waals surface area contributed by atoms with Gasteiger partial charge < -0.3 is 20.1 Å². The van der Waals surface area contributed by atoms with Crippen LogP contribution in [0.5, 0.6) is 5.75 Å². The first-order valence-electron chi connectivity index (χ1n) is 7.06. The Bertz CT molecular complexity index is 447. The zero-order valence-electron chi connectivity index (χ0n) is 12.9. The van der Waals surface area contributed by atoms with Crippen molar-refractivity contribution in [3.05, 3.63) is 42.5 Å². The van der Waals surface area contributed by atoms with Gasteiger partial charge in [0.2, 0.25) is 0 Å². The zero-order chi connectivity index (χ0) is 15.3. The molecule has 0 aliphatic carbocycles. The summed E-state index contributed by atoms with van der Waals surface area (Å²) in [5.74, 6) is 1.63. The third-order valence-corrected chi connectivity index (χ3v) is 2.76. The quantitative estimate of drug-likeness (QED) is 0.316. The smallest absolute Gasteiger partial charge is 0.191 e. The fourth-order valence-corrected chi connectivity index (χ4v) is 1.71. The molecule has 0 spiro atoms. The van der Waals surface area contributed by atoms with Crippen molar-refractivity contribution < 1.29 is 9.47 Å². The van der Waals surface area contributed by atoms with E-state index in [2.05, 4.69) is 28.3 Å². The van der Waals surface area contributed by atoms with E-state index in [1.165, 1.54) is 0 Å². The maximum Gasteiger partial charge on any atom is 0.191 e. The number of rotatable bonds is 9. The van der Waals surface area contributed by atoms with Gasteiger partial charge in [-0.2, -0.15) is 0 Å². The number of methoxy groups -OCH3 is 1. The molecule has 0 heterocycles. The summed E-state index contributed by atoms with van der Waals surface area (Å²) < 4.78 is 10.7. The van der Waals surface area contributed by atoms with Crippen LogP contribution in [0.2, 0.25) is 0 Å². The number of hydrogen-bond acceptors (Lipinski definition) is 3. The molecule has 0 aromatic heterocycles. The molecule has 1 aromatic rings. The van der Waals surface area contributed by atoms with Gasteiger partial charge in [-0.05, 0) is 17.7 Å². The Morgan fingerprint density at radius 3 is 2.90 bits per heavy atom. The van der Waals surface area contributed by atoms with Crippen LogP contribution < -0.4 is 15.4 Å². The van der Waals surface area contributed by atoms with E-state index < -0.39 is 0 Å². The van der Waals surface area contributed by atoms with Crippen LogP contribution >= 0.6 is 0 Å². The summed E-state index contributed by atoms with van der Waals surface area (Å²) in [7, 11) is 3.44. The van der Waals surface area contributed by atoms with Gasteiger partial charge >= 0.3 is 0 Å². The molecule has 0 amide bonds. The fraction of sp³-hybridized carbons (Fsp3) is 0.438. The highest BCUT2D eigenvalue weighted by molar-refractivity contribution is 5.79. The number of hydrogen-bond donors (Lipinski definition) is 2. The Labute approximate surface area is 127 Å². The predicted molar refractivity (Wildman–Crippen MR) is 86.8 cm³/mol. The highest BCUT2D eigenvalue weighted by Crippen LogP contribution is 2.13. The van der Waals surface area contributed by atoms with Crippen molar-refractivity contribution in [3.63, 3.8) is 0 Å². The second kappa shape index (κ2) is 10.7. The Balaban J connectivity index is 2.42. The van der Waals surface area contributed by atoms with Crippen molar-refractivity contribution >= 4 is 5.96 Å². The predicted octanol–water partition coefficient (Wildman–Crippen LogP) is 1.95. The second-order valence-corrected chi connectivity index (χ2v) is 4.44. The molecule has 21 heavy (non-hydrogen) atoms. The van der Waals surface area contributed by atoms with Crippen molar-refractivity contribution in [2.24, 2.45) is 4.99 Å². The van der Waals surface area contributed by atoms with Crippen LogP contribution in [0.3, 0.4) is 0 Å². The van der Waals surface area contributed by atoms with E-state index in [4.69, 9.17) is 9.47 Å². The van der Waals surface area contributed by atoms with Crippen molar-refractivity contribution in [1.29, 1.82) is 0 Å². The Morgan fingerprint density at radius 2 is 2.19 bits per heavy atom. The molecule has 0 radical (unpaired) electrons. The van der Waals surface area contributed by atoms with E-state index in [9.17, 15) is 0 Å². The molecule has 5 heteroatoms. The Kier molecular flexibility index (Phi) is 8.72. The van der Waals surface area contributed by atoms with E-state index in [0.29, 0.717) is 26.3 Å². The average Bonchev–Trinajstić information content (AvgIpc) is 2.52. The van der Waals surface area contributed by atoms with E-state index in [1.807, 2.05) is 18.2 Å². The van der Waals surface area contributed by atoms with Crippen LogP contribution in [0.4, 0.5) is 0 Å². The molecule has 0 saturated carbocycles. The highest BCUT2D eigenvalue weighted by Gasteiger charge is 1.99. The van der Waals surface area contributed by atoms with Crippen molar-refractivity contribution in [3.8, 4) is 5.75 Å². The molecule has 5 nitrogen and oxygen atoms in total. The number of aliphatic imine (C=N–C) groups is 1. The minimum atomic E-state index is 0.660. The van der Waals surface area contributed by atoms with E-state index in [1.54, 1.807) is 20.2 Å². The number of guanidine groups is 1. The van der Waals surface area contributed by atoms with Crippen LogP contribution in [0, 0.1) is 0 Å². The minimum absolute atomic E-state index is 0.660. The molecule has 0 unspecified atom stereocenters. The van der Waals surface area contributed by atoms with Gasteiger partial charge in [0.25, 0.3) is 0 Å². The van der Waals surface area contributed by atoms with E-state index in [0.717, 1.165) is 23.7 Å². The van der Waals surface area contributed by atoms with Crippen LogP contribution in [0.1, 0.15) is 12.0 Å². The molecule has 0 aliphatic rings. The van der Waals surface area contributed by atoms with E-state index in [-0.39, 0.29) is 0 Å². The molecular weight excluding hydrogens is 266 g/mol. The molecule has 2 N–H and O–H groups in total. The van der Waals surface area contributed by atoms with Gasteiger partial charge in [-0.1, -0.05) is 18.2 Å². The van der Waals surface area contributed by atoms with Crippen LogP contribution in [-0.4, -0.2) is 39.9 Å². The van der Waals surface area contributed by atoms with Gasteiger partial charge in [0.05, 0.1) is 6.61 Å². The minimum Gasteiger partial charge on any atom is -0.493 e. The first-order valence-corrected chi connectivity index (χ1v) is 7.06. The first-order chi connectivity index (χ1) is 10.3. The van der Waals surface area contributed by atoms with Gasteiger partial charge in [0, 0.05) is 40.3 Å². The summed E-state index contributed by atoms with van der Waals surface area (Å²) in [6.07, 6.45) is 2.68. The number of ether oxygens (including phenoxy) is 2. The average molecular weight is 291 g/mol. The SMILES string of the molecule is C=CCNC(=NC)NCc1cccc(OCCCOC)c1. The summed E-state index contributed by atoms with van der Waals surface area (Å²) in [6, 6.07) is 8.03. The molecule has 116 valence electrons. The van der Waals surface area contributed by atoms with Crippen molar-refractivity contribution in [1.82, 2.24) is 10.6 Å². The van der Waals surface area contributed by atoms with Gasteiger partial charge in [0.1, 0.15) is 5.75 Å². The summed E-state index contributed by atoms with van der Waals surface area (Å²) >= 11 is 0. The van der Waals surface area contributed by atoms with Gasteiger partial charge in [-0.15, -0.1) is 6.58 Å². The molecule has 0 saturated heterocycles. The maximum atomic E-state index is 5.68. The normalized spacial score (nSPS) is 11.0. The first kappa shape index (κ1) is 17.0. The summed E-state index contributed by atoms with van der Waals surface area (Å²) in [4.78, 5) is 4.13. The topological polar surface area (TPSA) is 54.9 Å². The molecule has 0 atom stereocenters. The molecular formula is C16H25N3O2. The molecule has 0 bridgehead atoms. The summed E-state index contributed by atoms with van der Waals surface area (Å²) in [5, 5.41) is 6.37. The van der Waals surface area contributed by atoms with Crippen LogP contribution in [0.25, 0.3) is 0 Å². The largest absolute Gasteiger partial charge is 0.493 e. The monoisotopic (exact) mass is 291 g/mol. The second-order valence-electron chi connectivity index (χ2n) is 4.44. The van der Waals surface area contributed by atoms with Crippen molar-refractivity contribution in [2.75, 3.05) is 33.9 Å². The number of nitrogens with zero attached hydrogens (tertiary/aromatic N) is 1. The van der Waals surface area contributed by atoms with Crippen LogP contribution in [0.15, 0.2) is 41.9 Å². The standard InChI is InChI=1S/C16H25N3O2/c1-4-9-18-16(17-2)19-13-14-7-5-8-15(12-14)21-11-6-10-20-3/h4-5,7-8,12H,1,6,9-11,13H2,2-3H3,(H2,17,18,19). The molecule has 1 aromatic carbocycles. The Morgan fingerprint density at radius 1 is 1.33 bits per heavy atom. The van der Waals surface area contributed by atoms with Gasteiger partial charge in [-0.3, -0.25) is 4.99 Å². The lowest BCUT2D eigenvalue weighted by Crippen LogP contribution is -2.36. The molecule has 0 aliphatic heterocycles. The summed E-state index contributed by atoms with van der Waals surface area (Å²) in [6.45, 7) is 6.41. The van der Waals surface area contributed by atoms with Gasteiger partial charge in [0.15, 0.2) is 5.96 Å². The van der Waals surface area contributed by atoms with E-state index >= 15 is 0 Å². The zero-order valence-corrected chi connectivity index (χ0v) is 12.9. The summed E-state index contributed by atoms with van der Waals surface area (Å²) in [5.41, 5.74) is 1.14.